The molecule has 1 aromatic heterocycles. The molecule has 4 rings (SSSR count). The first-order valence-electron chi connectivity index (χ1n) is 21.4. The summed E-state index contributed by atoms with van der Waals surface area (Å²) < 4.78 is 10.8. The van der Waals surface area contributed by atoms with Gasteiger partial charge in [0.1, 0.15) is 24.3 Å². The molecule has 0 bridgehead atoms. The number of imidazole rings is 1. The van der Waals surface area contributed by atoms with E-state index in [1.807, 2.05) is 74.5 Å². The molecule has 0 unspecified atom stereocenters. The molecule has 1 aliphatic carbocycles. The highest BCUT2D eigenvalue weighted by molar-refractivity contribution is 5.91. The largest absolute Gasteiger partial charge is 0.461 e. The average Bonchev–Trinajstić information content (AvgIpc) is 3.72. The van der Waals surface area contributed by atoms with Crippen molar-refractivity contribution >= 4 is 29.8 Å². The van der Waals surface area contributed by atoms with Gasteiger partial charge in [0, 0.05) is 37.2 Å². The minimum Gasteiger partial charge on any atom is -0.461 e. The molecular weight excluding hydrogens is 765 g/mol. The van der Waals surface area contributed by atoms with Crippen LogP contribution < -0.4 is 21.3 Å². The van der Waals surface area contributed by atoms with Crippen LogP contribution in [0.4, 0.5) is 4.79 Å². The summed E-state index contributed by atoms with van der Waals surface area (Å²) in [6, 6.07) is 15.6. The molecule has 1 fully saturated rings. The lowest BCUT2D eigenvalue weighted by molar-refractivity contribution is -0.145. The number of esters is 1. The fourth-order valence-corrected chi connectivity index (χ4v) is 7.56. The van der Waals surface area contributed by atoms with Crippen molar-refractivity contribution in [1.82, 2.24) is 31.2 Å². The normalized spacial score (nSPS) is 15.8. The molecular formula is C46H66N6O8. The number of nitrogens with zero attached hydrogens (tertiary/aromatic N) is 1. The smallest absolute Gasteiger partial charge is 0.408 e. The number of aromatic nitrogens is 2. The Kier molecular flexibility index (Phi) is 19.1. The van der Waals surface area contributed by atoms with Gasteiger partial charge >= 0.3 is 12.1 Å². The van der Waals surface area contributed by atoms with Gasteiger partial charge in [-0.05, 0) is 63.0 Å². The number of aliphatic hydroxyl groups excluding tert-OH is 1. The summed E-state index contributed by atoms with van der Waals surface area (Å²) in [4.78, 5) is 74.5. The second kappa shape index (κ2) is 24.1. The number of hydrogen-bond donors (Lipinski definition) is 6. The van der Waals surface area contributed by atoms with Gasteiger partial charge in [-0.2, -0.15) is 0 Å². The predicted octanol–water partition coefficient (Wildman–Crippen LogP) is 5.69. The van der Waals surface area contributed by atoms with Crippen LogP contribution in [0.2, 0.25) is 0 Å². The van der Waals surface area contributed by atoms with E-state index in [4.69, 9.17) is 9.47 Å². The predicted molar refractivity (Wildman–Crippen MR) is 228 cm³/mol. The van der Waals surface area contributed by atoms with Crippen molar-refractivity contribution in [3.8, 4) is 0 Å². The first-order valence-corrected chi connectivity index (χ1v) is 21.4. The Hall–Kier alpha value is -5.24. The zero-order valence-corrected chi connectivity index (χ0v) is 35.9. The van der Waals surface area contributed by atoms with E-state index in [-0.39, 0.29) is 56.6 Å². The third-order valence-corrected chi connectivity index (χ3v) is 10.5. The van der Waals surface area contributed by atoms with Crippen LogP contribution in [0, 0.1) is 17.8 Å². The lowest BCUT2D eigenvalue weighted by Gasteiger charge is -2.33. The molecule has 6 N–H and O–H groups in total. The van der Waals surface area contributed by atoms with Gasteiger partial charge in [0.25, 0.3) is 0 Å². The number of alkyl carbamates (subject to hydrolysis) is 1. The Labute approximate surface area is 354 Å². The van der Waals surface area contributed by atoms with Gasteiger partial charge in [0.2, 0.25) is 17.7 Å². The minimum atomic E-state index is -1.12. The molecule has 328 valence electrons. The summed E-state index contributed by atoms with van der Waals surface area (Å²) in [7, 11) is 0. The molecule has 0 radical (unpaired) electrons. The number of carbonyl (C=O) groups excluding carboxylic acids is 5. The molecule has 1 heterocycles. The third-order valence-electron chi connectivity index (χ3n) is 10.5. The monoisotopic (exact) mass is 830 g/mol. The summed E-state index contributed by atoms with van der Waals surface area (Å²) in [6.45, 7) is 9.42. The Morgan fingerprint density at radius 1 is 0.817 bits per heavy atom. The summed E-state index contributed by atoms with van der Waals surface area (Å²) in [6.07, 6.45) is 7.60. The van der Waals surface area contributed by atoms with Crippen molar-refractivity contribution in [3.63, 3.8) is 0 Å². The van der Waals surface area contributed by atoms with Gasteiger partial charge in [-0.3, -0.25) is 19.2 Å². The second-order valence-corrected chi connectivity index (χ2v) is 17.4. The number of nitrogens with one attached hydrogen (secondary N) is 5. The zero-order valence-electron chi connectivity index (χ0n) is 35.9. The van der Waals surface area contributed by atoms with Gasteiger partial charge in [-0.15, -0.1) is 0 Å². The quantitative estimate of drug-likeness (QED) is 0.0689. The highest BCUT2D eigenvalue weighted by atomic mass is 16.6. The summed E-state index contributed by atoms with van der Waals surface area (Å²) in [5.41, 5.74) is 1.45. The van der Waals surface area contributed by atoms with E-state index in [1.54, 1.807) is 27.0 Å². The van der Waals surface area contributed by atoms with Crippen LogP contribution >= 0.6 is 0 Å². The van der Waals surface area contributed by atoms with Crippen molar-refractivity contribution < 1.29 is 38.6 Å². The molecule has 3 aromatic rings. The fraction of sp³-hybridized carbons (Fsp3) is 0.565. The number of benzene rings is 2. The molecule has 60 heavy (non-hydrogen) atoms. The van der Waals surface area contributed by atoms with Gasteiger partial charge in [-0.25, -0.2) is 9.78 Å². The van der Waals surface area contributed by atoms with Crippen LogP contribution in [0.3, 0.4) is 0 Å². The number of ether oxygens (including phenoxy) is 2. The number of aliphatic hydroxyl groups is 1. The van der Waals surface area contributed by atoms with Crippen molar-refractivity contribution in [2.75, 3.05) is 6.54 Å². The number of hydrogen-bond acceptors (Lipinski definition) is 9. The van der Waals surface area contributed by atoms with Gasteiger partial charge < -0.3 is 40.8 Å². The van der Waals surface area contributed by atoms with Crippen LogP contribution in [-0.2, 0) is 48.1 Å². The highest BCUT2D eigenvalue weighted by Crippen LogP contribution is 2.30. The zero-order chi connectivity index (χ0) is 43.5. The molecule has 14 heteroatoms. The minimum absolute atomic E-state index is 0.00116. The van der Waals surface area contributed by atoms with E-state index < -0.39 is 59.6 Å². The highest BCUT2D eigenvalue weighted by Gasteiger charge is 2.34. The van der Waals surface area contributed by atoms with Crippen LogP contribution in [0.15, 0.2) is 73.2 Å². The molecule has 4 amide bonds. The Balaban J connectivity index is 1.49. The van der Waals surface area contributed by atoms with Crippen LogP contribution in [0.25, 0.3) is 0 Å². The second-order valence-electron chi connectivity index (χ2n) is 17.4. The molecule has 14 nitrogen and oxygen atoms in total. The maximum absolute atomic E-state index is 14.4. The summed E-state index contributed by atoms with van der Waals surface area (Å²) in [5.74, 6) is -2.04. The van der Waals surface area contributed by atoms with Crippen molar-refractivity contribution in [3.05, 3.63) is 90.0 Å². The van der Waals surface area contributed by atoms with Crippen molar-refractivity contribution in [2.24, 2.45) is 17.8 Å². The lowest BCUT2D eigenvalue weighted by Crippen LogP contribution is -2.58. The third kappa shape index (κ3) is 17.5. The van der Waals surface area contributed by atoms with E-state index in [9.17, 15) is 29.1 Å². The molecule has 5 atom stereocenters. The van der Waals surface area contributed by atoms with Crippen molar-refractivity contribution in [2.45, 2.75) is 142 Å². The lowest BCUT2D eigenvalue weighted by atomic mass is 9.81. The number of aromatic amines is 1. The van der Waals surface area contributed by atoms with E-state index >= 15 is 0 Å². The first-order chi connectivity index (χ1) is 28.6. The van der Waals surface area contributed by atoms with Crippen LogP contribution in [-0.4, -0.2) is 81.2 Å². The number of rotatable bonds is 22. The molecule has 0 aliphatic heterocycles. The SMILES string of the molecule is CC(C)C[C@H](C[C@H](O)[C@H](CC1CCCCC1)NC(=O)[C@H](Cc1cnc[nH]1)NC(=O)[C@H](Cc1ccccc1)NC(=O)OC(C)(C)C)C(=O)NCCC(=O)OCc1ccccc1. The number of H-pyrrole nitrogens is 1. The van der Waals surface area contributed by atoms with Crippen LogP contribution in [0.1, 0.15) is 109 Å². The summed E-state index contributed by atoms with van der Waals surface area (Å²) >= 11 is 0. The van der Waals surface area contributed by atoms with Crippen LogP contribution in [0.5, 0.6) is 0 Å². The van der Waals surface area contributed by atoms with E-state index in [0.717, 1.165) is 43.2 Å². The first kappa shape index (κ1) is 47.4. The fourth-order valence-electron chi connectivity index (χ4n) is 7.56. The Bertz CT molecular complexity index is 1760. The number of carbonyl (C=O) groups is 5. The molecule has 0 spiro atoms. The standard InChI is InChI=1S/C46H66N6O8/c1-31(2)23-35(42(55)48-22-21-41(54)59-29-34-19-13-8-14-20-34)26-40(53)37(24-32-15-9-6-10-16-32)50-44(57)39(27-36-28-47-30-49-36)51-43(56)38(25-33-17-11-7-12-18-33)52-45(58)60-46(3,4)5/h7-8,11-14,17-20,28,30-32,35,37-40,53H,6,9-10,15-16,21-27,29H2,1-5H3,(H,47,49)(H,48,55)(H,50,57)(H,51,56)(H,52,58)/t35-,37+,38+,39+,40+/m1/s1. The maximum Gasteiger partial charge on any atom is 0.408 e. The van der Waals surface area contributed by atoms with E-state index in [2.05, 4.69) is 31.2 Å². The maximum atomic E-state index is 14.4. The van der Waals surface area contributed by atoms with Gasteiger partial charge in [-0.1, -0.05) is 107 Å². The van der Waals surface area contributed by atoms with E-state index in [1.165, 1.54) is 6.33 Å². The Morgan fingerprint density at radius 3 is 2.07 bits per heavy atom. The van der Waals surface area contributed by atoms with Gasteiger partial charge in [0.05, 0.1) is 24.9 Å². The van der Waals surface area contributed by atoms with Gasteiger partial charge in [0.15, 0.2) is 0 Å². The Morgan fingerprint density at radius 2 is 1.45 bits per heavy atom. The molecule has 2 aromatic carbocycles. The molecule has 1 saturated carbocycles. The number of amides is 4. The van der Waals surface area contributed by atoms with E-state index in [0.29, 0.717) is 18.5 Å². The summed E-state index contributed by atoms with van der Waals surface area (Å²) in [5, 5.41) is 23.5. The molecule has 0 saturated heterocycles. The molecule has 1 aliphatic rings. The average molecular weight is 831 g/mol. The van der Waals surface area contributed by atoms with Crippen molar-refractivity contribution in [1.29, 1.82) is 0 Å². The topological polar surface area (TPSA) is 201 Å².